The third-order valence-corrected chi connectivity index (χ3v) is 4.99. The first-order valence-electron chi connectivity index (χ1n) is 9.26. The van der Waals surface area contributed by atoms with Crippen molar-refractivity contribution in [1.29, 1.82) is 0 Å². The maximum atomic E-state index is 4.63. The maximum Gasteiger partial charge on any atom is 0.134 e. The van der Waals surface area contributed by atoms with Crippen LogP contribution in [-0.4, -0.2) is 59.2 Å². The number of hydrogen-bond donors (Lipinski definition) is 1. The predicted octanol–water partition coefficient (Wildman–Crippen LogP) is 2.60. The molecule has 1 N–H and O–H groups in total. The summed E-state index contributed by atoms with van der Waals surface area (Å²) in [5.41, 5.74) is 1.27. The van der Waals surface area contributed by atoms with E-state index in [0.29, 0.717) is 0 Å². The van der Waals surface area contributed by atoms with E-state index >= 15 is 0 Å². The number of nitrogens with zero attached hydrogens (tertiary/aromatic N) is 5. The summed E-state index contributed by atoms with van der Waals surface area (Å²) in [6, 6.07) is 12.7. The van der Waals surface area contributed by atoms with Crippen LogP contribution in [0.2, 0.25) is 0 Å². The topological polar surface area (TPSA) is 49.2 Å². The fraction of sp³-hybridized carbons (Fsp3) is 0.400. The highest BCUT2D eigenvalue weighted by Crippen LogP contribution is 2.18. The molecule has 0 aliphatic carbocycles. The predicted molar refractivity (Wildman–Crippen MR) is 107 cm³/mol. The Morgan fingerprint density at radius 1 is 1.04 bits per heavy atom. The second kappa shape index (κ2) is 7.33. The molecule has 136 valence electrons. The summed E-state index contributed by atoms with van der Waals surface area (Å²) in [7, 11) is 2.17. The van der Waals surface area contributed by atoms with Crippen LogP contribution < -0.4 is 10.2 Å². The molecule has 1 aliphatic rings. The van der Waals surface area contributed by atoms with Gasteiger partial charge in [0, 0.05) is 57.0 Å². The monoisotopic (exact) mass is 350 g/mol. The van der Waals surface area contributed by atoms with E-state index < -0.39 is 0 Å². The molecule has 1 saturated heterocycles. The SMILES string of the molecule is Cc1nc(NCCn2ccc3ccccc32)cc(N2CCN(C)CC2)n1. The van der Waals surface area contributed by atoms with E-state index in [4.69, 9.17) is 0 Å². The molecule has 0 bridgehead atoms. The van der Waals surface area contributed by atoms with E-state index in [1.54, 1.807) is 0 Å². The number of aromatic nitrogens is 3. The molecule has 3 aromatic rings. The van der Waals surface area contributed by atoms with Crippen LogP contribution in [0.3, 0.4) is 0 Å². The zero-order valence-corrected chi connectivity index (χ0v) is 15.5. The molecule has 1 aromatic carbocycles. The Bertz CT molecular complexity index is 879. The molecule has 0 atom stereocenters. The lowest BCUT2D eigenvalue weighted by atomic mass is 10.2. The van der Waals surface area contributed by atoms with E-state index in [1.165, 1.54) is 10.9 Å². The molecule has 1 fully saturated rings. The standard InChI is InChI=1S/C20H26N6/c1-16-22-19(15-20(23-16)26-13-11-24(2)12-14-26)21-8-10-25-9-7-17-5-3-4-6-18(17)25/h3-7,9,15H,8,10-14H2,1-2H3,(H,21,22,23). The van der Waals surface area contributed by atoms with Gasteiger partial charge < -0.3 is 19.7 Å². The maximum absolute atomic E-state index is 4.63. The van der Waals surface area contributed by atoms with Crippen LogP contribution in [0.25, 0.3) is 10.9 Å². The Balaban J connectivity index is 1.41. The number of para-hydroxylation sites is 1. The van der Waals surface area contributed by atoms with Crippen LogP contribution in [-0.2, 0) is 6.54 Å². The number of piperazine rings is 1. The Hall–Kier alpha value is -2.60. The van der Waals surface area contributed by atoms with Crippen molar-refractivity contribution in [3.63, 3.8) is 0 Å². The molecule has 0 amide bonds. The molecular formula is C20H26N6. The van der Waals surface area contributed by atoms with Crippen molar-refractivity contribution in [3.05, 3.63) is 48.4 Å². The summed E-state index contributed by atoms with van der Waals surface area (Å²) >= 11 is 0. The van der Waals surface area contributed by atoms with E-state index in [0.717, 1.165) is 56.7 Å². The number of benzene rings is 1. The average Bonchev–Trinajstić information content (AvgIpc) is 3.05. The van der Waals surface area contributed by atoms with Crippen LogP contribution in [0.1, 0.15) is 5.82 Å². The number of fused-ring (bicyclic) bond motifs is 1. The lowest BCUT2D eigenvalue weighted by molar-refractivity contribution is 0.312. The van der Waals surface area contributed by atoms with Crippen molar-refractivity contribution >= 4 is 22.5 Å². The van der Waals surface area contributed by atoms with Crippen molar-refractivity contribution in [2.45, 2.75) is 13.5 Å². The molecule has 6 heteroatoms. The van der Waals surface area contributed by atoms with Crippen LogP contribution in [0.4, 0.5) is 11.6 Å². The first-order valence-corrected chi connectivity index (χ1v) is 9.26. The molecule has 6 nitrogen and oxygen atoms in total. The van der Waals surface area contributed by atoms with Gasteiger partial charge in [-0.15, -0.1) is 0 Å². The number of hydrogen-bond acceptors (Lipinski definition) is 5. The Morgan fingerprint density at radius 3 is 2.69 bits per heavy atom. The molecule has 0 unspecified atom stereocenters. The minimum Gasteiger partial charge on any atom is -0.368 e. The highest BCUT2D eigenvalue weighted by Gasteiger charge is 2.16. The van der Waals surface area contributed by atoms with Gasteiger partial charge in [-0.05, 0) is 31.5 Å². The quantitative estimate of drug-likeness (QED) is 0.766. The molecule has 0 radical (unpaired) electrons. The lowest BCUT2D eigenvalue weighted by Crippen LogP contribution is -2.44. The smallest absolute Gasteiger partial charge is 0.134 e. The zero-order valence-electron chi connectivity index (χ0n) is 15.5. The third kappa shape index (κ3) is 3.65. The second-order valence-electron chi connectivity index (χ2n) is 6.94. The molecule has 2 aromatic heterocycles. The van der Waals surface area contributed by atoms with Crippen LogP contribution in [0.15, 0.2) is 42.6 Å². The number of likely N-dealkylation sites (N-methyl/N-ethyl adjacent to an activating group) is 1. The van der Waals surface area contributed by atoms with E-state index in [2.05, 4.69) is 79.3 Å². The van der Waals surface area contributed by atoms with Gasteiger partial charge in [0.15, 0.2) is 0 Å². The molecule has 1 aliphatic heterocycles. The van der Waals surface area contributed by atoms with E-state index in [9.17, 15) is 0 Å². The van der Waals surface area contributed by atoms with Gasteiger partial charge in [-0.1, -0.05) is 18.2 Å². The minimum absolute atomic E-state index is 0.815. The first kappa shape index (κ1) is 16.8. The van der Waals surface area contributed by atoms with Gasteiger partial charge in [-0.3, -0.25) is 0 Å². The van der Waals surface area contributed by atoms with E-state index in [1.807, 2.05) is 6.92 Å². The highest BCUT2D eigenvalue weighted by atomic mass is 15.3. The minimum atomic E-state index is 0.815. The van der Waals surface area contributed by atoms with Gasteiger partial charge in [0.1, 0.15) is 17.5 Å². The van der Waals surface area contributed by atoms with Crippen LogP contribution >= 0.6 is 0 Å². The number of nitrogens with one attached hydrogen (secondary N) is 1. The van der Waals surface area contributed by atoms with Crippen molar-refractivity contribution in [2.75, 3.05) is 50.0 Å². The van der Waals surface area contributed by atoms with Crippen molar-refractivity contribution < 1.29 is 0 Å². The van der Waals surface area contributed by atoms with Crippen LogP contribution in [0, 0.1) is 6.92 Å². The van der Waals surface area contributed by atoms with Gasteiger partial charge in [0.05, 0.1) is 0 Å². The summed E-state index contributed by atoms with van der Waals surface area (Å²) in [5.74, 6) is 2.75. The highest BCUT2D eigenvalue weighted by molar-refractivity contribution is 5.79. The van der Waals surface area contributed by atoms with Crippen molar-refractivity contribution in [1.82, 2.24) is 19.4 Å². The van der Waals surface area contributed by atoms with Gasteiger partial charge in [-0.25, -0.2) is 9.97 Å². The lowest BCUT2D eigenvalue weighted by Gasteiger charge is -2.33. The molecule has 0 spiro atoms. The average molecular weight is 350 g/mol. The second-order valence-corrected chi connectivity index (χ2v) is 6.94. The fourth-order valence-electron chi connectivity index (χ4n) is 3.48. The Morgan fingerprint density at radius 2 is 1.85 bits per heavy atom. The molecule has 4 rings (SSSR count). The number of anilines is 2. The van der Waals surface area contributed by atoms with E-state index in [-0.39, 0.29) is 0 Å². The zero-order chi connectivity index (χ0) is 17.9. The van der Waals surface area contributed by atoms with Crippen molar-refractivity contribution in [2.24, 2.45) is 0 Å². The summed E-state index contributed by atoms with van der Waals surface area (Å²) in [5, 5.41) is 4.75. The summed E-state index contributed by atoms with van der Waals surface area (Å²) in [6.07, 6.45) is 2.15. The largest absolute Gasteiger partial charge is 0.368 e. The number of rotatable bonds is 5. The molecule has 3 heterocycles. The van der Waals surface area contributed by atoms with Gasteiger partial charge in [0.25, 0.3) is 0 Å². The summed E-state index contributed by atoms with van der Waals surface area (Å²) < 4.78 is 2.28. The van der Waals surface area contributed by atoms with Crippen LogP contribution in [0.5, 0.6) is 0 Å². The molecular weight excluding hydrogens is 324 g/mol. The fourth-order valence-corrected chi connectivity index (χ4v) is 3.48. The van der Waals surface area contributed by atoms with Crippen molar-refractivity contribution in [3.8, 4) is 0 Å². The first-order chi connectivity index (χ1) is 12.7. The van der Waals surface area contributed by atoms with Gasteiger partial charge >= 0.3 is 0 Å². The van der Waals surface area contributed by atoms with Gasteiger partial charge in [0.2, 0.25) is 0 Å². The molecule has 0 saturated carbocycles. The Labute approximate surface area is 154 Å². The molecule has 26 heavy (non-hydrogen) atoms. The summed E-state index contributed by atoms with van der Waals surface area (Å²) in [4.78, 5) is 13.9. The summed E-state index contributed by atoms with van der Waals surface area (Å²) in [6.45, 7) is 7.88. The Kier molecular flexibility index (Phi) is 4.75. The number of aryl methyl sites for hydroxylation is 1. The third-order valence-electron chi connectivity index (χ3n) is 4.99. The van der Waals surface area contributed by atoms with Gasteiger partial charge in [-0.2, -0.15) is 0 Å². The normalized spacial score (nSPS) is 15.5.